The Morgan fingerprint density at radius 2 is 1.62 bits per heavy atom. The first-order valence-electron chi connectivity index (χ1n) is 9.93. The third-order valence-electron chi connectivity index (χ3n) is 4.60. The molecule has 0 radical (unpaired) electrons. The Bertz CT molecular complexity index is 483. The van der Waals surface area contributed by atoms with Gasteiger partial charge in [0.15, 0.2) is 0 Å². The summed E-state index contributed by atoms with van der Waals surface area (Å²) in [6, 6.07) is 0. The van der Waals surface area contributed by atoms with E-state index < -0.39 is 5.60 Å². The number of aliphatic hydroxyl groups is 1. The zero-order valence-electron chi connectivity index (χ0n) is 18.3. The summed E-state index contributed by atoms with van der Waals surface area (Å²) < 4.78 is 5.30. The molecule has 0 saturated heterocycles. The first-order chi connectivity index (χ1) is 11.9. The lowest BCUT2D eigenvalue weighted by Crippen LogP contribution is -2.35. The van der Waals surface area contributed by atoms with Gasteiger partial charge in [0.25, 0.3) is 0 Å². The molecule has 2 aliphatic carbocycles. The fourth-order valence-corrected chi connectivity index (χ4v) is 3.30. The van der Waals surface area contributed by atoms with Gasteiger partial charge in [-0.15, -0.1) is 0 Å². The summed E-state index contributed by atoms with van der Waals surface area (Å²) in [5, 5.41) is 9.03. The molecule has 0 aromatic rings. The fourth-order valence-electron chi connectivity index (χ4n) is 3.30. The summed E-state index contributed by atoms with van der Waals surface area (Å²) in [4.78, 5) is 23.0. The van der Waals surface area contributed by atoms with Gasteiger partial charge in [-0.25, -0.2) is 0 Å². The van der Waals surface area contributed by atoms with Crippen molar-refractivity contribution < 1.29 is 19.4 Å². The van der Waals surface area contributed by atoms with Crippen LogP contribution in [0.4, 0.5) is 0 Å². The van der Waals surface area contributed by atoms with E-state index >= 15 is 0 Å². The van der Waals surface area contributed by atoms with Crippen LogP contribution < -0.4 is 0 Å². The Morgan fingerprint density at radius 3 is 1.88 bits per heavy atom. The van der Waals surface area contributed by atoms with Gasteiger partial charge >= 0.3 is 5.97 Å². The second kappa shape index (κ2) is 10.2. The second-order valence-corrected chi connectivity index (χ2v) is 8.99. The van der Waals surface area contributed by atoms with E-state index in [4.69, 9.17) is 9.84 Å². The van der Waals surface area contributed by atoms with Gasteiger partial charge < -0.3 is 9.84 Å². The summed E-state index contributed by atoms with van der Waals surface area (Å²) in [7, 11) is 0. The van der Waals surface area contributed by atoms with Crippen LogP contribution in [0.3, 0.4) is 0 Å². The molecule has 0 spiro atoms. The van der Waals surface area contributed by atoms with Gasteiger partial charge in [0.05, 0.1) is 12.5 Å². The standard InChI is InChI=1S/C12H18O3.C8H16O.C2H6/c1-12(2,7-13)15-11(14)10-6-8-3-4-9(10)5-8;1-6(2)7(9)8(3,4)5;1-2/h3-4,8-10,13H,5-7H2,1-2H3;6H,1-5H3;1-2H3. The molecular weight excluding hydrogens is 328 g/mol. The van der Waals surface area contributed by atoms with Crippen LogP contribution >= 0.6 is 0 Å². The van der Waals surface area contributed by atoms with Gasteiger partial charge in [-0.3, -0.25) is 9.59 Å². The maximum Gasteiger partial charge on any atom is 0.310 e. The topological polar surface area (TPSA) is 63.6 Å². The number of carbonyl (C=O) groups is 2. The molecule has 1 saturated carbocycles. The second-order valence-electron chi connectivity index (χ2n) is 8.99. The van der Waals surface area contributed by atoms with Crippen LogP contribution in [0.5, 0.6) is 0 Å². The Morgan fingerprint density at radius 1 is 1.08 bits per heavy atom. The van der Waals surface area contributed by atoms with Crippen molar-refractivity contribution >= 4 is 11.8 Å². The summed E-state index contributed by atoms with van der Waals surface area (Å²) in [6.45, 7) is 17.1. The number of rotatable bonds is 4. The van der Waals surface area contributed by atoms with E-state index in [1.165, 1.54) is 0 Å². The van der Waals surface area contributed by atoms with Crippen molar-refractivity contribution in [2.45, 2.75) is 80.8 Å². The van der Waals surface area contributed by atoms with Gasteiger partial charge in [0.1, 0.15) is 11.4 Å². The van der Waals surface area contributed by atoms with E-state index in [1.54, 1.807) is 13.8 Å². The fraction of sp³-hybridized carbons (Fsp3) is 0.818. The average molecular weight is 369 g/mol. The Hall–Kier alpha value is -1.16. The highest BCUT2D eigenvalue weighted by atomic mass is 16.6. The number of esters is 1. The normalized spacial score (nSPS) is 23.7. The molecule has 2 aliphatic rings. The molecule has 0 amide bonds. The quantitative estimate of drug-likeness (QED) is 0.572. The van der Waals surface area contributed by atoms with Crippen molar-refractivity contribution in [3.8, 4) is 0 Å². The van der Waals surface area contributed by atoms with Gasteiger partial charge in [-0.2, -0.15) is 0 Å². The van der Waals surface area contributed by atoms with E-state index in [2.05, 4.69) is 12.2 Å². The minimum atomic E-state index is -0.747. The minimum Gasteiger partial charge on any atom is -0.457 e. The Labute approximate surface area is 160 Å². The molecule has 3 unspecified atom stereocenters. The molecule has 4 nitrogen and oxygen atoms in total. The minimum absolute atomic E-state index is 0.0193. The summed E-state index contributed by atoms with van der Waals surface area (Å²) >= 11 is 0. The van der Waals surface area contributed by atoms with Crippen molar-refractivity contribution in [2.75, 3.05) is 6.61 Å². The monoisotopic (exact) mass is 368 g/mol. The Balaban J connectivity index is 0.000000492. The predicted molar refractivity (Wildman–Crippen MR) is 107 cm³/mol. The lowest BCUT2D eigenvalue weighted by molar-refractivity contribution is -0.166. The highest BCUT2D eigenvalue weighted by molar-refractivity contribution is 5.85. The molecule has 4 heteroatoms. The molecule has 2 rings (SSSR count). The first-order valence-corrected chi connectivity index (χ1v) is 9.93. The highest BCUT2D eigenvalue weighted by Gasteiger charge is 2.42. The van der Waals surface area contributed by atoms with Gasteiger partial charge in [0.2, 0.25) is 0 Å². The third kappa shape index (κ3) is 7.61. The molecule has 1 N–H and O–H groups in total. The summed E-state index contributed by atoms with van der Waals surface area (Å²) in [5.41, 5.74) is -0.906. The van der Waals surface area contributed by atoms with Crippen molar-refractivity contribution in [1.82, 2.24) is 0 Å². The maximum absolute atomic E-state index is 11.8. The van der Waals surface area contributed by atoms with Crippen molar-refractivity contribution in [2.24, 2.45) is 29.1 Å². The van der Waals surface area contributed by atoms with Crippen LogP contribution in [0.1, 0.15) is 75.2 Å². The highest BCUT2D eigenvalue weighted by Crippen LogP contribution is 2.44. The maximum atomic E-state index is 11.8. The van der Waals surface area contributed by atoms with Gasteiger partial charge in [0, 0.05) is 11.3 Å². The SMILES string of the molecule is CC.CC(C)(CO)OC(=O)C1CC2C=CC1C2.CC(C)C(=O)C(C)(C)C. The zero-order valence-corrected chi connectivity index (χ0v) is 18.3. The molecule has 0 aromatic heterocycles. The molecule has 0 aliphatic heterocycles. The number of Topliss-reactive ketones (excluding diaryl/α,β-unsaturated/α-hetero) is 1. The van der Waals surface area contributed by atoms with Crippen LogP contribution in [-0.2, 0) is 14.3 Å². The number of allylic oxidation sites excluding steroid dienone is 2. The number of ketones is 1. The van der Waals surface area contributed by atoms with Gasteiger partial charge in [-0.05, 0) is 38.5 Å². The smallest absolute Gasteiger partial charge is 0.310 e. The van der Waals surface area contributed by atoms with Crippen LogP contribution in [-0.4, -0.2) is 29.1 Å². The van der Waals surface area contributed by atoms with Crippen LogP contribution in [0, 0.1) is 29.1 Å². The number of ether oxygens (including phenoxy) is 1. The van der Waals surface area contributed by atoms with E-state index in [9.17, 15) is 9.59 Å². The summed E-state index contributed by atoms with van der Waals surface area (Å²) in [5.74, 6) is 1.33. The van der Waals surface area contributed by atoms with Crippen LogP contribution in [0.2, 0.25) is 0 Å². The van der Waals surface area contributed by atoms with Crippen molar-refractivity contribution in [1.29, 1.82) is 0 Å². The number of carbonyl (C=O) groups excluding carboxylic acids is 2. The van der Waals surface area contributed by atoms with E-state index in [-0.39, 0.29) is 29.8 Å². The van der Waals surface area contributed by atoms with Crippen LogP contribution in [0.25, 0.3) is 0 Å². The molecule has 152 valence electrons. The molecule has 0 aromatic carbocycles. The van der Waals surface area contributed by atoms with Crippen molar-refractivity contribution in [3.05, 3.63) is 12.2 Å². The lowest BCUT2D eigenvalue weighted by Gasteiger charge is -2.26. The Kier molecular flexibility index (Phi) is 9.79. The summed E-state index contributed by atoms with van der Waals surface area (Å²) in [6.07, 6.45) is 6.35. The number of hydrogen-bond acceptors (Lipinski definition) is 4. The first kappa shape index (κ1) is 24.8. The largest absolute Gasteiger partial charge is 0.457 e. The molecule has 1 fully saturated rings. The predicted octanol–water partition coefficient (Wildman–Crippen LogP) is 4.80. The average Bonchev–Trinajstić information content (AvgIpc) is 3.18. The van der Waals surface area contributed by atoms with Crippen molar-refractivity contribution in [3.63, 3.8) is 0 Å². The molecule has 0 heterocycles. The molecular formula is C22H40O4. The number of hydrogen-bond donors (Lipinski definition) is 1. The molecule has 26 heavy (non-hydrogen) atoms. The third-order valence-corrected chi connectivity index (χ3v) is 4.60. The zero-order chi connectivity index (χ0) is 20.7. The van der Waals surface area contributed by atoms with E-state index in [1.807, 2.05) is 48.5 Å². The van der Waals surface area contributed by atoms with Gasteiger partial charge in [-0.1, -0.05) is 60.6 Å². The number of fused-ring (bicyclic) bond motifs is 2. The number of aliphatic hydroxyl groups excluding tert-OH is 1. The van der Waals surface area contributed by atoms with E-state index in [0.717, 1.165) is 12.8 Å². The lowest BCUT2D eigenvalue weighted by atomic mass is 9.85. The molecule has 2 bridgehead atoms. The van der Waals surface area contributed by atoms with Crippen LogP contribution in [0.15, 0.2) is 12.2 Å². The van der Waals surface area contributed by atoms with E-state index in [0.29, 0.717) is 17.6 Å². The molecule has 3 atom stereocenters.